The summed E-state index contributed by atoms with van der Waals surface area (Å²) in [6.45, 7) is 0. The topological polar surface area (TPSA) is 44.5 Å². The summed E-state index contributed by atoms with van der Waals surface area (Å²) in [5.74, 6) is 0.305. The minimum atomic E-state index is -4.39. The Labute approximate surface area is 115 Å². The number of hydrogen-bond donors (Lipinski definition) is 1. The van der Waals surface area contributed by atoms with Crippen LogP contribution in [0.5, 0.6) is 5.75 Å². The highest BCUT2D eigenvalue weighted by atomic mass is 19.4. The molecule has 0 aliphatic heterocycles. The summed E-state index contributed by atoms with van der Waals surface area (Å²) in [7, 11) is 1.65. The van der Waals surface area contributed by atoms with Crippen LogP contribution >= 0.6 is 0 Å². The molecule has 1 aromatic carbocycles. The lowest BCUT2D eigenvalue weighted by molar-refractivity contribution is -0.137. The standard InChI is InChI=1S/C14H18F3NO2/c1-19-10-3-2-4-11(8-10)20-13-6-5-9(7-12(13)18)14(15,16)17/h5-7,10-11H,2-4,8,18H2,1H3. The summed E-state index contributed by atoms with van der Waals surface area (Å²) >= 11 is 0. The van der Waals surface area contributed by atoms with Gasteiger partial charge in [0.25, 0.3) is 0 Å². The molecule has 0 saturated heterocycles. The molecule has 1 aliphatic rings. The molecule has 2 N–H and O–H groups in total. The second-order valence-corrected chi connectivity index (χ2v) is 5.01. The van der Waals surface area contributed by atoms with Gasteiger partial charge in [-0.2, -0.15) is 13.2 Å². The van der Waals surface area contributed by atoms with Crippen molar-refractivity contribution >= 4 is 5.69 Å². The molecule has 0 radical (unpaired) electrons. The summed E-state index contributed by atoms with van der Waals surface area (Å²) in [5, 5.41) is 0. The number of methoxy groups -OCH3 is 1. The molecule has 6 heteroatoms. The van der Waals surface area contributed by atoms with Gasteiger partial charge in [-0.3, -0.25) is 0 Å². The number of halogens is 3. The van der Waals surface area contributed by atoms with E-state index in [1.165, 1.54) is 6.07 Å². The van der Waals surface area contributed by atoms with E-state index >= 15 is 0 Å². The highest BCUT2D eigenvalue weighted by molar-refractivity contribution is 5.54. The van der Waals surface area contributed by atoms with E-state index in [-0.39, 0.29) is 17.9 Å². The fraction of sp³-hybridized carbons (Fsp3) is 0.571. The molecule has 2 unspecified atom stereocenters. The predicted octanol–water partition coefficient (Wildman–Crippen LogP) is 3.62. The number of hydrogen-bond acceptors (Lipinski definition) is 3. The Bertz CT molecular complexity index is 462. The third kappa shape index (κ3) is 3.56. The van der Waals surface area contributed by atoms with Gasteiger partial charge in [-0.25, -0.2) is 0 Å². The molecular weight excluding hydrogens is 271 g/mol. The number of anilines is 1. The van der Waals surface area contributed by atoms with Gasteiger partial charge < -0.3 is 15.2 Å². The molecule has 1 aromatic rings. The number of nitrogens with two attached hydrogens (primary N) is 1. The van der Waals surface area contributed by atoms with Crippen LogP contribution in [0.15, 0.2) is 18.2 Å². The second kappa shape index (κ2) is 5.91. The highest BCUT2D eigenvalue weighted by Gasteiger charge is 2.31. The van der Waals surface area contributed by atoms with Crippen LogP contribution < -0.4 is 10.5 Å². The number of ether oxygens (including phenoxy) is 2. The first-order valence-electron chi connectivity index (χ1n) is 6.56. The predicted molar refractivity (Wildman–Crippen MR) is 69.5 cm³/mol. The van der Waals surface area contributed by atoms with Crippen LogP contribution in [-0.2, 0) is 10.9 Å². The molecule has 20 heavy (non-hydrogen) atoms. The van der Waals surface area contributed by atoms with Crippen LogP contribution in [0.3, 0.4) is 0 Å². The molecule has 1 aliphatic carbocycles. The van der Waals surface area contributed by atoms with Gasteiger partial charge >= 0.3 is 6.18 Å². The van der Waals surface area contributed by atoms with E-state index in [0.29, 0.717) is 5.75 Å². The molecule has 3 nitrogen and oxygen atoms in total. The van der Waals surface area contributed by atoms with E-state index in [1.807, 2.05) is 0 Å². The summed E-state index contributed by atoms with van der Waals surface area (Å²) in [6, 6.07) is 3.18. The fourth-order valence-corrected chi connectivity index (χ4v) is 2.43. The lowest BCUT2D eigenvalue weighted by atomic mass is 9.95. The average Bonchev–Trinajstić information content (AvgIpc) is 2.40. The monoisotopic (exact) mass is 289 g/mol. The van der Waals surface area contributed by atoms with Gasteiger partial charge in [-0.05, 0) is 37.5 Å². The zero-order valence-corrected chi connectivity index (χ0v) is 11.2. The molecule has 1 fully saturated rings. The summed E-state index contributed by atoms with van der Waals surface area (Å²) in [5.41, 5.74) is 4.90. The maximum atomic E-state index is 12.5. The van der Waals surface area contributed by atoms with E-state index in [2.05, 4.69) is 0 Å². The van der Waals surface area contributed by atoms with E-state index in [9.17, 15) is 13.2 Å². The lowest BCUT2D eigenvalue weighted by Crippen LogP contribution is -2.29. The molecule has 2 atom stereocenters. The Balaban J connectivity index is 2.06. The van der Waals surface area contributed by atoms with E-state index in [0.717, 1.165) is 37.8 Å². The van der Waals surface area contributed by atoms with Crippen molar-refractivity contribution in [2.24, 2.45) is 0 Å². The van der Waals surface area contributed by atoms with Crippen molar-refractivity contribution in [2.45, 2.75) is 44.1 Å². The first-order chi connectivity index (χ1) is 9.40. The van der Waals surface area contributed by atoms with Crippen LogP contribution in [0.4, 0.5) is 18.9 Å². The maximum absolute atomic E-state index is 12.5. The third-order valence-corrected chi connectivity index (χ3v) is 3.54. The molecule has 0 amide bonds. The van der Waals surface area contributed by atoms with Gasteiger partial charge in [-0.1, -0.05) is 0 Å². The quantitative estimate of drug-likeness (QED) is 0.864. The van der Waals surface area contributed by atoms with Crippen molar-refractivity contribution in [2.75, 3.05) is 12.8 Å². The second-order valence-electron chi connectivity index (χ2n) is 5.01. The first-order valence-corrected chi connectivity index (χ1v) is 6.56. The van der Waals surface area contributed by atoms with Crippen molar-refractivity contribution in [1.29, 1.82) is 0 Å². The summed E-state index contributed by atoms with van der Waals surface area (Å²) in [4.78, 5) is 0. The van der Waals surface area contributed by atoms with Gasteiger partial charge in [0.1, 0.15) is 11.9 Å². The molecule has 0 aromatic heterocycles. The van der Waals surface area contributed by atoms with Crippen molar-refractivity contribution in [3.05, 3.63) is 23.8 Å². The SMILES string of the molecule is COC1CCCC(Oc2ccc(C(F)(F)F)cc2N)C1. The van der Waals surface area contributed by atoms with Crippen molar-refractivity contribution < 1.29 is 22.6 Å². The molecule has 1 saturated carbocycles. The Morgan fingerprint density at radius 2 is 1.90 bits per heavy atom. The smallest absolute Gasteiger partial charge is 0.416 e. The zero-order chi connectivity index (χ0) is 14.8. The van der Waals surface area contributed by atoms with Crippen LogP contribution in [0.25, 0.3) is 0 Å². The largest absolute Gasteiger partial charge is 0.488 e. The Hall–Kier alpha value is -1.43. The highest BCUT2D eigenvalue weighted by Crippen LogP contribution is 2.35. The van der Waals surface area contributed by atoms with Crippen LogP contribution in [-0.4, -0.2) is 19.3 Å². The maximum Gasteiger partial charge on any atom is 0.416 e. The van der Waals surface area contributed by atoms with Gasteiger partial charge in [-0.15, -0.1) is 0 Å². The molecule has 0 spiro atoms. The van der Waals surface area contributed by atoms with Crippen molar-refractivity contribution in [3.63, 3.8) is 0 Å². The van der Waals surface area contributed by atoms with Crippen LogP contribution in [0.2, 0.25) is 0 Å². The fourth-order valence-electron chi connectivity index (χ4n) is 2.43. The number of nitrogen functional groups attached to an aromatic ring is 1. The van der Waals surface area contributed by atoms with Crippen LogP contribution in [0.1, 0.15) is 31.2 Å². The molecule has 0 bridgehead atoms. The van der Waals surface area contributed by atoms with Gasteiger partial charge in [0, 0.05) is 13.5 Å². The van der Waals surface area contributed by atoms with Crippen molar-refractivity contribution in [3.8, 4) is 5.75 Å². The Morgan fingerprint density at radius 1 is 1.20 bits per heavy atom. The Kier molecular flexibility index (Phi) is 4.42. The minimum absolute atomic E-state index is 0.0133. The van der Waals surface area contributed by atoms with Gasteiger partial charge in [0.2, 0.25) is 0 Å². The van der Waals surface area contributed by atoms with Crippen molar-refractivity contribution in [1.82, 2.24) is 0 Å². The van der Waals surface area contributed by atoms with Gasteiger partial charge in [0.15, 0.2) is 0 Å². The van der Waals surface area contributed by atoms with Crippen LogP contribution in [0, 0.1) is 0 Å². The van der Waals surface area contributed by atoms with Gasteiger partial charge in [0.05, 0.1) is 17.4 Å². The molecule has 112 valence electrons. The number of alkyl halides is 3. The Morgan fingerprint density at radius 3 is 2.50 bits per heavy atom. The molecular formula is C14H18F3NO2. The summed E-state index contributed by atoms with van der Waals surface area (Å²) < 4.78 is 48.6. The van der Waals surface area contributed by atoms with E-state index in [1.54, 1.807) is 7.11 Å². The number of rotatable bonds is 3. The zero-order valence-electron chi connectivity index (χ0n) is 11.2. The normalized spacial score (nSPS) is 23.6. The number of benzene rings is 1. The average molecular weight is 289 g/mol. The third-order valence-electron chi connectivity index (χ3n) is 3.54. The lowest BCUT2D eigenvalue weighted by Gasteiger charge is -2.29. The van der Waals surface area contributed by atoms with E-state index < -0.39 is 11.7 Å². The minimum Gasteiger partial charge on any atom is -0.488 e. The molecule has 0 heterocycles. The summed E-state index contributed by atoms with van der Waals surface area (Å²) in [6.07, 6.45) is -0.754. The van der Waals surface area contributed by atoms with E-state index in [4.69, 9.17) is 15.2 Å². The molecule has 2 rings (SSSR count). The first kappa shape index (κ1) is 15.0.